The number of rotatable bonds is 4. The van der Waals surface area contributed by atoms with Crippen molar-refractivity contribution in [2.75, 3.05) is 19.8 Å². The molecule has 0 aromatic carbocycles. The van der Waals surface area contributed by atoms with E-state index in [1.165, 1.54) is 0 Å². The predicted octanol–water partition coefficient (Wildman–Crippen LogP) is 1.73. The first-order chi connectivity index (χ1) is 7.88. The van der Waals surface area contributed by atoms with Gasteiger partial charge in [-0.1, -0.05) is 0 Å². The number of hydrogen-bond donors (Lipinski definition) is 1. The molecule has 4 heteroatoms. The van der Waals surface area contributed by atoms with Gasteiger partial charge in [-0.2, -0.15) is 0 Å². The number of hydrogen-bond acceptors (Lipinski definition) is 4. The molecule has 0 aromatic rings. The van der Waals surface area contributed by atoms with Crippen LogP contribution in [0.2, 0.25) is 0 Å². The molecule has 1 N–H and O–H groups in total. The molecule has 0 radical (unpaired) electrons. The molecular weight excluding hydrogens is 218 g/mol. The van der Waals surface area contributed by atoms with Gasteiger partial charge in [0.15, 0.2) is 0 Å². The van der Waals surface area contributed by atoms with Crippen molar-refractivity contribution >= 4 is 5.97 Å². The van der Waals surface area contributed by atoms with Crippen LogP contribution >= 0.6 is 0 Å². The van der Waals surface area contributed by atoms with Gasteiger partial charge in [0.05, 0.1) is 0 Å². The van der Waals surface area contributed by atoms with Crippen LogP contribution in [-0.2, 0) is 14.3 Å². The molecule has 17 heavy (non-hydrogen) atoms. The minimum absolute atomic E-state index is 0.176. The van der Waals surface area contributed by atoms with Crippen molar-refractivity contribution in [3.05, 3.63) is 0 Å². The highest BCUT2D eigenvalue weighted by molar-refractivity contribution is 5.75. The standard InChI is InChI=1S/C13H25NO3/c1-10(12(15)17-13(2,3)4)14-9-11-5-7-16-8-6-11/h10-11,14H,5-9H2,1-4H3. The van der Waals surface area contributed by atoms with Gasteiger partial charge in [-0.15, -0.1) is 0 Å². The fraction of sp³-hybridized carbons (Fsp3) is 0.923. The highest BCUT2D eigenvalue weighted by Crippen LogP contribution is 2.14. The van der Waals surface area contributed by atoms with Crippen molar-refractivity contribution in [3.8, 4) is 0 Å². The van der Waals surface area contributed by atoms with Crippen LogP contribution in [0.25, 0.3) is 0 Å². The molecule has 0 aliphatic carbocycles. The van der Waals surface area contributed by atoms with Gasteiger partial charge in [0.25, 0.3) is 0 Å². The average Bonchev–Trinajstić information content (AvgIpc) is 2.25. The molecule has 1 saturated heterocycles. The van der Waals surface area contributed by atoms with Gasteiger partial charge in [0, 0.05) is 13.2 Å². The summed E-state index contributed by atoms with van der Waals surface area (Å²) in [5, 5.41) is 3.24. The Kier molecular flexibility index (Phi) is 5.40. The van der Waals surface area contributed by atoms with Gasteiger partial charge in [-0.05, 0) is 53.0 Å². The van der Waals surface area contributed by atoms with Crippen LogP contribution in [0.15, 0.2) is 0 Å². The normalized spacial score (nSPS) is 20.0. The van der Waals surface area contributed by atoms with E-state index in [0.717, 1.165) is 32.6 Å². The Labute approximate surface area is 104 Å². The third-order valence-electron chi connectivity index (χ3n) is 2.81. The van der Waals surface area contributed by atoms with Crippen LogP contribution in [0.3, 0.4) is 0 Å². The molecule has 0 spiro atoms. The van der Waals surface area contributed by atoms with Crippen molar-refractivity contribution < 1.29 is 14.3 Å². The average molecular weight is 243 g/mol. The van der Waals surface area contributed by atoms with Crippen molar-refractivity contribution in [1.29, 1.82) is 0 Å². The van der Waals surface area contributed by atoms with Crippen LogP contribution in [-0.4, -0.2) is 37.4 Å². The monoisotopic (exact) mass is 243 g/mol. The highest BCUT2D eigenvalue weighted by atomic mass is 16.6. The lowest BCUT2D eigenvalue weighted by Gasteiger charge is -2.26. The molecule has 0 bridgehead atoms. The summed E-state index contributed by atoms with van der Waals surface area (Å²) in [5.41, 5.74) is -0.411. The van der Waals surface area contributed by atoms with Crippen molar-refractivity contribution in [2.45, 2.75) is 52.2 Å². The van der Waals surface area contributed by atoms with Crippen LogP contribution in [0.5, 0.6) is 0 Å². The van der Waals surface area contributed by atoms with Gasteiger partial charge >= 0.3 is 5.97 Å². The summed E-state index contributed by atoms with van der Waals surface area (Å²) in [6, 6.07) is -0.239. The first-order valence-corrected chi connectivity index (χ1v) is 6.42. The van der Waals surface area contributed by atoms with E-state index in [1.54, 1.807) is 0 Å². The molecule has 1 aliphatic heterocycles. The lowest BCUT2D eigenvalue weighted by Crippen LogP contribution is -2.41. The van der Waals surface area contributed by atoms with E-state index >= 15 is 0 Å². The molecule has 0 amide bonds. The number of carbonyl (C=O) groups is 1. The van der Waals surface area contributed by atoms with E-state index in [0.29, 0.717) is 5.92 Å². The summed E-state index contributed by atoms with van der Waals surface area (Å²) in [6.07, 6.45) is 2.15. The topological polar surface area (TPSA) is 47.6 Å². The minimum Gasteiger partial charge on any atom is -0.459 e. The van der Waals surface area contributed by atoms with Crippen molar-refractivity contribution in [2.24, 2.45) is 5.92 Å². The zero-order valence-corrected chi connectivity index (χ0v) is 11.4. The number of esters is 1. The molecule has 1 aliphatic rings. The first kappa shape index (κ1) is 14.5. The molecule has 1 heterocycles. The van der Waals surface area contributed by atoms with Gasteiger partial charge in [0.1, 0.15) is 11.6 Å². The largest absolute Gasteiger partial charge is 0.459 e. The third kappa shape index (κ3) is 6.03. The molecule has 1 unspecified atom stereocenters. The van der Waals surface area contributed by atoms with Crippen molar-refractivity contribution in [3.63, 3.8) is 0 Å². The second-order valence-corrected chi connectivity index (χ2v) is 5.72. The van der Waals surface area contributed by atoms with E-state index in [4.69, 9.17) is 9.47 Å². The fourth-order valence-electron chi connectivity index (χ4n) is 1.77. The zero-order chi connectivity index (χ0) is 12.9. The highest BCUT2D eigenvalue weighted by Gasteiger charge is 2.22. The SMILES string of the molecule is CC(NCC1CCOCC1)C(=O)OC(C)(C)C. The van der Waals surface area contributed by atoms with Gasteiger partial charge in [-0.3, -0.25) is 4.79 Å². The summed E-state index contributed by atoms with van der Waals surface area (Å²) in [4.78, 5) is 11.7. The molecular formula is C13H25NO3. The maximum absolute atomic E-state index is 11.7. The lowest BCUT2D eigenvalue weighted by molar-refractivity contribution is -0.157. The quantitative estimate of drug-likeness (QED) is 0.764. The molecule has 4 nitrogen and oxygen atoms in total. The maximum Gasteiger partial charge on any atom is 0.323 e. The van der Waals surface area contributed by atoms with Crippen LogP contribution < -0.4 is 5.32 Å². The van der Waals surface area contributed by atoms with E-state index in [9.17, 15) is 4.79 Å². The number of carbonyl (C=O) groups excluding carboxylic acids is 1. The van der Waals surface area contributed by atoms with E-state index in [-0.39, 0.29) is 12.0 Å². The van der Waals surface area contributed by atoms with Crippen LogP contribution in [0.1, 0.15) is 40.5 Å². The molecule has 1 atom stereocenters. The summed E-state index contributed by atoms with van der Waals surface area (Å²) >= 11 is 0. The van der Waals surface area contributed by atoms with Gasteiger partial charge < -0.3 is 14.8 Å². The lowest BCUT2D eigenvalue weighted by atomic mass is 10.0. The Hall–Kier alpha value is -0.610. The zero-order valence-electron chi connectivity index (χ0n) is 11.4. The summed E-state index contributed by atoms with van der Waals surface area (Å²) in [5.74, 6) is 0.443. The Morgan fingerprint density at radius 3 is 2.53 bits per heavy atom. The maximum atomic E-state index is 11.7. The molecule has 0 aromatic heterocycles. The number of nitrogens with one attached hydrogen (secondary N) is 1. The van der Waals surface area contributed by atoms with E-state index < -0.39 is 5.60 Å². The van der Waals surface area contributed by atoms with Gasteiger partial charge in [-0.25, -0.2) is 0 Å². The number of ether oxygens (including phenoxy) is 2. The predicted molar refractivity (Wildman–Crippen MR) is 66.9 cm³/mol. The Morgan fingerprint density at radius 2 is 2.00 bits per heavy atom. The minimum atomic E-state index is -0.411. The van der Waals surface area contributed by atoms with Crippen LogP contribution in [0.4, 0.5) is 0 Å². The Morgan fingerprint density at radius 1 is 1.41 bits per heavy atom. The summed E-state index contributed by atoms with van der Waals surface area (Å²) in [6.45, 7) is 10.1. The third-order valence-corrected chi connectivity index (χ3v) is 2.81. The van der Waals surface area contributed by atoms with E-state index in [2.05, 4.69) is 5.32 Å². The molecule has 1 fully saturated rings. The Balaban J connectivity index is 2.23. The van der Waals surface area contributed by atoms with E-state index in [1.807, 2.05) is 27.7 Å². The first-order valence-electron chi connectivity index (χ1n) is 6.42. The molecule has 0 saturated carbocycles. The van der Waals surface area contributed by atoms with Crippen LogP contribution in [0, 0.1) is 5.92 Å². The fourth-order valence-corrected chi connectivity index (χ4v) is 1.77. The smallest absolute Gasteiger partial charge is 0.323 e. The second kappa shape index (κ2) is 6.36. The second-order valence-electron chi connectivity index (χ2n) is 5.72. The van der Waals surface area contributed by atoms with Crippen molar-refractivity contribution in [1.82, 2.24) is 5.32 Å². The molecule has 1 rings (SSSR count). The summed E-state index contributed by atoms with van der Waals surface area (Å²) in [7, 11) is 0. The Bertz CT molecular complexity index is 242. The van der Waals surface area contributed by atoms with Gasteiger partial charge in [0.2, 0.25) is 0 Å². The summed E-state index contributed by atoms with van der Waals surface area (Å²) < 4.78 is 10.6. The molecule has 100 valence electrons.